The van der Waals surface area contributed by atoms with Crippen molar-refractivity contribution in [3.05, 3.63) is 15.6 Å². The summed E-state index contributed by atoms with van der Waals surface area (Å²) in [4.78, 5) is 4.88. The van der Waals surface area contributed by atoms with Gasteiger partial charge in [0.05, 0.1) is 10.7 Å². The third-order valence-electron chi connectivity index (χ3n) is 1.80. The molecule has 1 atom stereocenters. The summed E-state index contributed by atoms with van der Waals surface area (Å²) in [6.45, 7) is 5.22. The molecule has 0 radical (unpaired) electrons. The lowest BCUT2D eigenvalue weighted by atomic mass is 10.3. The van der Waals surface area contributed by atoms with Crippen LogP contribution in [-0.4, -0.2) is 13.4 Å². The van der Waals surface area contributed by atoms with Gasteiger partial charge in [0.2, 0.25) is 10.0 Å². The van der Waals surface area contributed by atoms with Crippen LogP contribution in [-0.2, 0) is 10.0 Å². The number of aromatic nitrogens is 1. The van der Waals surface area contributed by atoms with E-state index in [2.05, 4.69) is 4.98 Å². The van der Waals surface area contributed by atoms with Crippen LogP contribution in [0.25, 0.3) is 0 Å². The number of aryl methyl sites for hydroxylation is 2. The van der Waals surface area contributed by atoms with Gasteiger partial charge in [-0.3, -0.25) is 0 Å². The van der Waals surface area contributed by atoms with Gasteiger partial charge in [0.1, 0.15) is 5.25 Å². The van der Waals surface area contributed by atoms with Crippen molar-refractivity contribution in [3.8, 4) is 0 Å². The minimum Gasteiger partial charge on any atom is -0.247 e. The monoisotopic (exact) mass is 220 g/mol. The normalized spacial score (nSPS) is 14.5. The first kappa shape index (κ1) is 10.6. The summed E-state index contributed by atoms with van der Waals surface area (Å²) in [5, 5.41) is 5.25. The Bertz CT molecular complexity index is 408. The van der Waals surface area contributed by atoms with E-state index in [1.165, 1.54) is 11.3 Å². The number of nitrogens with two attached hydrogens (primary N) is 1. The van der Waals surface area contributed by atoms with Gasteiger partial charge < -0.3 is 0 Å². The van der Waals surface area contributed by atoms with Gasteiger partial charge in [-0.25, -0.2) is 18.5 Å². The number of hydrogen-bond donors (Lipinski definition) is 1. The molecule has 0 aliphatic carbocycles. The number of thiazole rings is 1. The van der Waals surface area contributed by atoms with E-state index in [4.69, 9.17) is 5.14 Å². The van der Waals surface area contributed by atoms with Crippen LogP contribution in [0.1, 0.15) is 27.8 Å². The van der Waals surface area contributed by atoms with E-state index in [9.17, 15) is 8.42 Å². The second-order valence-electron chi connectivity index (χ2n) is 2.91. The molecule has 0 bridgehead atoms. The summed E-state index contributed by atoms with van der Waals surface area (Å²) in [5.74, 6) is 0. The number of sulfonamides is 1. The average molecular weight is 220 g/mol. The highest BCUT2D eigenvalue weighted by molar-refractivity contribution is 7.89. The molecule has 1 rings (SSSR count). The quantitative estimate of drug-likeness (QED) is 0.811. The highest BCUT2D eigenvalue weighted by Gasteiger charge is 2.22. The molecule has 13 heavy (non-hydrogen) atoms. The molecule has 0 aliphatic heterocycles. The fourth-order valence-electron chi connectivity index (χ4n) is 1.07. The largest absolute Gasteiger partial charge is 0.247 e. The number of rotatable bonds is 2. The van der Waals surface area contributed by atoms with Crippen LogP contribution in [0.5, 0.6) is 0 Å². The van der Waals surface area contributed by atoms with Gasteiger partial charge >= 0.3 is 0 Å². The third-order valence-corrected chi connectivity index (χ3v) is 4.43. The van der Waals surface area contributed by atoms with Crippen molar-refractivity contribution in [3.63, 3.8) is 0 Å². The Morgan fingerprint density at radius 3 is 2.31 bits per heavy atom. The molecule has 1 unspecified atom stereocenters. The minimum atomic E-state index is -3.49. The fraction of sp³-hybridized carbons (Fsp3) is 0.571. The molecule has 74 valence electrons. The van der Waals surface area contributed by atoms with Crippen LogP contribution in [0.4, 0.5) is 0 Å². The maximum absolute atomic E-state index is 11.0. The predicted octanol–water partition coefficient (Wildman–Crippen LogP) is 1.11. The summed E-state index contributed by atoms with van der Waals surface area (Å²) in [5.41, 5.74) is 0.754. The number of primary sulfonamides is 1. The second kappa shape index (κ2) is 3.36. The molecule has 0 amide bonds. The van der Waals surface area contributed by atoms with Gasteiger partial charge in [-0.05, 0) is 20.8 Å². The molecule has 0 aromatic carbocycles. The van der Waals surface area contributed by atoms with Crippen molar-refractivity contribution in [2.75, 3.05) is 0 Å². The van der Waals surface area contributed by atoms with Gasteiger partial charge in [-0.1, -0.05) is 0 Å². The van der Waals surface area contributed by atoms with Gasteiger partial charge in [-0.15, -0.1) is 11.3 Å². The van der Waals surface area contributed by atoms with Crippen molar-refractivity contribution < 1.29 is 8.42 Å². The Labute approximate surface area is 81.9 Å². The van der Waals surface area contributed by atoms with Gasteiger partial charge in [-0.2, -0.15) is 0 Å². The highest BCUT2D eigenvalue weighted by Crippen LogP contribution is 2.28. The van der Waals surface area contributed by atoms with E-state index in [0.29, 0.717) is 0 Å². The van der Waals surface area contributed by atoms with Crippen LogP contribution >= 0.6 is 11.3 Å². The molecule has 2 N–H and O–H groups in total. The molecular formula is C7H12N2O2S2. The first-order valence-electron chi connectivity index (χ1n) is 3.78. The molecule has 0 aliphatic rings. The standard InChI is InChI=1S/C7H12N2O2S2/c1-4-7(12-6(3)9-4)5(2)13(8,10)11/h5H,1-3H3,(H2,8,10,11). The minimum absolute atomic E-state index is 0.654. The second-order valence-corrected chi connectivity index (χ2v) is 6.03. The first-order valence-corrected chi connectivity index (χ1v) is 6.20. The summed E-state index contributed by atoms with van der Waals surface area (Å²) >= 11 is 1.38. The zero-order valence-corrected chi connectivity index (χ0v) is 9.37. The maximum Gasteiger partial charge on any atom is 0.216 e. The van der Waals surface area contributed by atoms with Gasteiger partial charge in [0, 0.05) is 4.88 Å². The summed E-state index contributed by atoms with van der Waals surface area (Å²) in [6.07, 6.45) is 0. The Morgan fingerprint density at radius 2 is 2.00 bits per heavy atom. The van der Waals surface area contributed by atoms with Crippen molar-refractivity contribution >= 4 is 21.4 Å². The summed E-state index contributed by atoms with van der Waals surface area (Å²) in [6, 6.07) is 0. The SMILES string of the molecule is Cc1nc(C)c(C(C)S(N)(=O)=O)s1. The molecule has 0 saturated heterocycles. The van der Waals surface area contributed by atoms with Crippen molar-refractivity contribution in [2.24, 2.45) is 5.14 Å². The lowest BCUT2D eigenvalue weighted by Gasteiger charge is -2.06. The smallest absolute Gasteiger partial charge is 0.216 e. The van der Waals surface area contributed by atoms with Gasteiger partial charge in [0.15, 0.2) is 0 Å². The van der Waals surface area contributed by atoms with Crippen LogP contribution < -0.4 is 5.14 Å². The molecule has 1 aromatic heterocycles. The van der Waals surface area contributed by atoms with Crippen molar-refractivity contribution in [1.29, 1.82) is 0 Å². The third kappa shape index (κ3) is 2.26. The number of hydrogen-bond acceptors (Lipinski definition) is 4. The van der Waals surface area contributed by atoms with E-state index in [-0.39, 0.29) is 0 Å². The molecule has 6 heteroatoms. The molecule has 1 aromatic rings. The summed E-state index contributed by atoms with van der Waals surface area (Å²) < 4.78 is 22.1. The predicted molar refractivity (Wildman–Crippen MR) is 53.1 cm³/mol. The van der Waals surface area contributed by atoms with Crippen LogP contribution in [0.3, 0.4) is 0 Å². The van der Waals surface area contributed by atoms with E-state index in [0.717, 1.165) is 15.6 Å². The van der Waals surface area contributed by atoms with E-state index >= 15 is 0 Å². The highest BCUT2D eigenvalue weighted by atomic mass is 32.2. The average Bonchev–Trinajstić information content (AvgIpc) is 2.26. The Balaban J connectivity index is 3.16. The molecule has 0 saturated carbocycles. The van der Waals surface area contributed by atoms with E-state index < -0.39 is 15.3 Å². The van der Waals surface area contributed by atoms with E-state index in [1.54, 1.807) is 13.8 Å². The fourth-order valence-corrected chi connectivity index (χ4v) is 2.95. The lowest BCUT2D eigenvalue weighted by Crippen LogP contribution is -2.19. The zero-order chi connectivity index (χ0) is 10.2. The first-order chi connectivity index (χ1) is 5.82. The Kier molecular flexibility index (Phi) is 2.74. The van der Waals surface area contributed by atoms with Crippen LogP contribution in [0.15, 0.2) is 0 Å². The zero-order valence-electron chi connectivity index (χ0n) is 7.73. The molecular weight excluding hydrogens is 208 g/mol. The van der Waals surface area contributed by atoms with Crippen LogP contribution in [0, 0.1) is 13.8 Å². The van der Waals surface area contributed by atoms with Crippen LogP contribution in [0.2, 0.25) is 0 Å². The van der Waals surface area contributed by atoms with E-state index in [1.807, 2.05) is 6.92 Å². The molecule has 0 fully saturated rings. The molecule has 1 heterocycles. The topological polar surface area (TPSA) is 73.0 Å². The molecule has 4 nitrogen and oxygen atoms in total. The Morgan fingerprint density at radius 1 is 1.46 bits per heavy atom. The van der Waals surface area contributed by atoms with Crippen molar-refractivity contribution in [2.45, 2.75) is 26.0 Å². The summed E-state index contributed by atoms with van der Waals surface area (Å²) in [7, 11) is -3.49. The maximum atomic E-state index is 11.0. The lowest BCUT2D eigenvalue weighted by molar-refractivity contribution is 0.588. The van der Waals surface area contributed by atoms with Crippen molar-refractivity contribution in [1.82, 2.24) is 4.98 Å². The van der Waals surface area contributed by atoms with Gasteiger partial charge in [0.25, 0.3) is 0 Å². The molecule has 0 spiro atoms. The Hall–Kier alpha value is -0.460. The number of nitrogens with zero attached hydrogens (tertiary/aromatic N) is 1.